The zero-order valence-corrected chi connectivity index (χ0v) is 28.5. The normalized spacial score (nSPS) is 15.1. The van der Waals surface area contributed by atoms with Gasteiger partial charge in [0.25, 0.3) is 0 Å². The van der Waals surface area contributed by atoms with Gasteiger partial charge in [0, 0.05) is 32.7 Å². The van der Waals surface area contributed by atoms with Crippen LogP contribution in [0.5, 0.6) is 0 Å². The molecule has 0 aliphatic heterocycles. The van der Waals surface area contributed by atoms with Crippen molar-refractivity contribution in [3.8, 4) is 44.9 Å². The van der Waals surface area contributed by atoms with E-state index in [0.29, 0.717) is 0 Å². The predicted octanol–water partition coefficient (Wildman–Crippen LogP) is 13.4. The summed E-state index contributed by atoms with van der Waals surface area (Å²) in [5.41, 5.74) is 14.3. The number of fused-ring (bicyclic) bond motifs is 10. The van der Waals surface area contributed by atoms with E-state index < -0.39 is 0 Å². The van der Waals surface area contributed by atoms with E-state index in [9.17, 15) is 0 Å². The van der Waals surface area contributed by atoms with Gasteiger partial charge in [-0.15, -0.1) is 0 Å². The Morgan fingerprint density at radius 3 is 1.18 bits per heavy atom. The first-order valence-electron chi connectivity index (χ1n) is 17.6. The monoisotopic (exact) mass is 642 g/mol. The molecule has 2 aromatic heterocycles. The van der Waals surface area contributed by atoms with E-state index in [0.717, 1.165) is 44.6 Å². The van der Waals surface area contributed by atoms with Crippen molar-refractivity contribution >= 4 is 43.5 Å². The molecule has 11 rings (SSSR count). The third kappa shape index (κ3) is 3.53. The van der Waals surface area contributed by atoms with E-state index >= 15 is 0 Å². The molecule has 0 atom stereocenters. The Morgan fingerprint density at radius 1 is 0.360 bits per heavy atom. The number of hydrogen-bond acceptors (Lipinski definition) is 2. The van der Waals surface area contributed by atoms with Crippen molar-refractivity contribution < 1.29 is 8.83 Å². The van der Waals surface area contributed by atoms with Crippen molar-refractivity contribution in [1.82, 2.24) is 0 Å². The summed E-state index contributed by atoms with van der Waals surface area (Å²) in [6.07, 6.45) is 0. The van der Waals surface area contributed by atoms with Crippen LogP contribution in [-0.2, 0) is 10.8 Å². The van der Waals surface area contributed by atoms with Gasteiger partial charge < -0.3 is 8.83 Å². The zero-order chi connectivity index (χ0) is 33.5. The molecule has 2 heterocycles. The van der Waals surface area contributed by atoms with Crippen LogP contribution < -0.4 is 0 Å². The quantitative estimate of drug-likeness (QED) is 0.175. The van der Waals surface area contributed by atoms with Crippen LogP contribution >= 0.6 is 0 Å². The fourth-order valence-electron chi connectivity index (χ4n) is 9.35. The molecule has 2 aliphatic carbocycles. The van der Waals surface area contributed by atoms with Crippen molar-refractivity contribution in [2.45, 2.75) is 38.5 Å². The van der Waals surface area contributed by atoms with Gasteiger partial charge >= 0.3 is 0 Å². The lowest BCUT2D eigenvalue weighted by molar-refractivity contribution is 0.631. The average Bonchev–Trinajstić information content (AvgIpc) is 3.86. The number of rotatable bonds is 2. The Bertz CT molecular complexity index is 2660. The third-order valence-corrected chi connectivity index (χ3v) is 11.9. The summed E-state index contributed by atoms with van der Waals surface area (Å²) in [6, 6.07) is 48.8. The molecule has 7 aromatic carbocycles. The minimum atomic E-state index is -0.152. The summed E-state index contributed by atoms with van der Waals surface area (Å²) >= 11 is 0. The minimum Gasteiger partial charge on any atom is -0.456 e. The maximum absolute atomic E-state index is 6.80. The molecule has 0 N–H and O–H groups in total. The fourth-order valence-corrected chi connectivity index (χ4v) is 9.35. The number of hydrogen-bond donors (Lipinski definition) is 0. The Labute approximate surface area is 290 Å². The first-order valence-corrected chi connectivity index (χ1v) is 17.6. The Morgan fingerprint density at radius 2 is 0.740 bits per heavy atom. The Kier molecular flexibility index (Phi) is 5.28. The molecule has 2 aliphatic rings. The molecule has 0 spiro atoms. The van der Waals surface area contributed by atoms with E-state index in [4.69, 9.17) is 8.83 Å². The molecule has 0 fully saturated rings. The van der Waals surface area contributed by atoms with Crippen molar-refractivity contribution in [2.75, 3.05) is 0 Å². The lowest BCUT2D eigenvalue weighted by atomic mass is 9.79. The van der Waals surface area contributed by atoms with Crippen LogP contribution in [0.25, 0.3) is 88.4 Å². The number of para-hydroxylation sites is 2. The minimum absolute atomic E-state index is 0.152. The summed E-state index contributed by atoms with van der Waals surface area (Å²) in [5.74, 6) is 1.77. The van der Waals surface area contributed by atoms with Crippen LogP contribution in [0.1, 0.15) is 49.9 Å². The van der Waals surface area contributed by atoms with E-state index in [1.165, 1.54) is 66.1 Å². The van der Waals surface area contributed by atoms with Crippen molar-refractivity contribution in [1.29, 1.82) is 0 Å². The van der Waals surface area contributed by atoms with Gasteiger partial charge in [0.15, 0.2) is 0 Å². The van der Waals surface area contributed by atoms with Crippen molar-refractivity contribution in [3.63, 3.8) is 0 Å². The molecule has 2 heteroatoms. The fraction of sp³-hybridized carbons (Fsp3) is 0.125. The average molecular weight is 643 g/mol. The van der Waals surface area contributed by atoms with Crippen LogP contribution in [-0.4, -0.2) is 0 Å². The number of furan rings is 2. The molecule has 0 amide bonds. The second-order valence-corrected chi connectivity index (χ2v) is 15.3. The van der Waals surface area contributed by atoms with Gasteiger partial charge in [0.2, 0.25) is 0 Å². The molecule has 9 aromatic rings. The van der Waals surface area contributed by atoms with Gasteiger partial charge in [-0.1, -0.05) is 113 Å². The molecular formula is C48H34O2. The predicted molar refractivity (Wildman–Crippen MR) is 207 cm³/mol. The molecule has 0 saturated carbocycles. The molecule has 238 valence electrons. The van der Waals surface area contributed by atoms with Gasteiger partial charge in [0.1, 0.15) is 22.7 Å². The Balaban J connectivity index is 1.37. The third-order valence-electron chi connectivity index (χ3n) is 11.9. The zero-order valence-electron chi connectivity index (χ0n) is 28.5. The van der Waals surface area contributed by atoms with Gasteiger partial charge in [-0.3, -0.25) is 0 Å². The van der Waals surface area contributed by atoms with Crippen molar-refractivity contribution in [2.24, 2.45) is 0 Å². The molecule has 0 radical (unpaired) electrons. The van der Waals surface area contributed by atoms with E-state index in [1.54, 1.807) is 0 Å². The Hall–Kier alpha value is -5.86. The summed E-state index contributed by atoms with van der Waals surface area (Å²) in [6.45, 7) is 9.43. The summed E-state index contributed by atoms with van der Waals surface area (Å²) in [4.78, 5) is 0. The van der Waals surface area contributed by atoms with Gasteiger partial charge in [-0.2, -0.15) is 0 Å². The molecule has 2 nitrogen and oxygen atoms in total. The van der Waals surface area contributed by atoms with Crippen LogP contribution in [0.4, 0.5) is 0 Å². The van der Waals surface area contributed by atoms with Crippen LogP contribution in [0.2, 0.25) is 0 Å². The SMILES string of the molecule is CC1(C)c2ccccc2-c2cc3c(-c4cc5ccccc5o4)c4cc5c(cc4c(-c4cc6ccccc6o4)c3cc21)-c1ccccc1C5(C)C. The van der Waals surface area contributed by atoms with E-state index in [2.05, 4.69) is 161 Å². The molecule has 0 unspecified atom stereocenters. The molecular weight excluding hydrogens is 609 g/mol. The summed E-state index contributed by atoms with van der Waals surface area (Å²) < 4.78 is 13.6. The highest BCUT2D eigenvalue weighted by Crippen LogP contribution is 2.56. The van der Waals surface area contributed by atoms with Crippen LogP contribution in [0, 0.1) is 0 Å². The molecule has 0 bridgehead atoms. The second-order valence-electron chi connectivity index (χ2n) is 15.3. The topological polar surface area (TPSA) is 26.3 Å². The van der Waals surface area contributed by atoms with Crippen molar-refractivity contribution in [3.05, 3.63) is 156 Å². The highest BCUT2D eigenvalue weighted by atomic mass is 16.3. The first-order chi connectivity index (χ1) is 24.3. The lowest BCUT2D eigenvalue weighted by Gasteiger charge is -2.24. The largest absolute Gasteiger partial charge is 0.456 e. The van der Waals surface area contributed by atoms with E-state index in [-0.39, 0.29) is 10.8 Å². The second kappa shape index (κ2) is 9.43. The highest BCUT2D eigenvalue weighted by molar-refractivity contribution is 6.23. The van der Waals surface area contributed by atoms with Gasteiger partial charge in [-0.25, -0.2) is 0 Å². The molecule has 50 heavy (non-hydrogen) atoms. The van der Waals surface area contributed by atoms with Gasteiger partial charge in [0.05, 0.1) is 0 Å². The molecule has 0 saturated heterocycles. The first kappa shape index (κ1) is 28.0. The number of benzene rings is 7. The smallest absolute Gasteiger partial charge is 0.136 e. The summed E-state index contributed by atoms with van der Waals surface area (Å²) in [7, 11) is 0. The van der Waals surface area contributed by atoms with Crippen LogP contribution in [0.3, 0.4) is 0 Å². The maximum atomic E-state index is 6.80. The lowest BCUT2D eigenvalue weighted by Crippen LogP contribution is -2.15. The standard InChI is InChI=1S/C48H34O2/c1-47(2)37-17-9-7-15-29(37)31-23-33-35(25-39(31)47)45(43-21-27-13-5-11-19-41(27)49-43)34-24-32-30-16-8-10-18-38(30)48(3,4)40(32)26-36(34)46(33)44-22-28-14-6-12-20-42(28)50-44/h5-26H,1-4H3. The van der Waals surface area contributed by atoms with Gasteiger partial charge in [-0.05, 0) is 115 Å². The van der Waals surface area contributed by atoms with Crippen LogP contribution in [0.15, 0.2) is 142 Å². The summed E-state index contributed by atoms with van der Waals surface area (Å²) in [5, 5.41) is 6.91. The van der Waals surface area contributed by atoms with E-state index in [1.807, 2.05) is 0 Å². The maximum Gasteiger partial charge on any atom is 0.136 e. The highest BCUT2D eigenvalue weighted by Gasteiger charge is 2.39.